The predicted octanol–water partition coefficient (Wildman–Crippen LogP) is 5.39. The molecule has 0 aliphatic carbocycles. The summed E-state index contributed by atoms with van der Waals surface area (Å²) in [5.41, 5.74) is 5.25. The third-order valence-corrected chi connectivity index (χ3v) is 5.68. The SMILES string of the molecule is CC(=NNc1nc(Nc2ccc([N+](=O)[O-])cc2)nc(N2CCCCCC2)n1)c1ccc(Cl)cc1. The molecule has 10 nitrogen and oxygen atoms in total. The van der Waals surface area contributed by atoms with Gasteiger partial charge in [0.05, 0.1) is 10.6 Å². The first-order valence-electron chi connectivity index (χ1n) is 11.1. The highest BCUT2D eigenvalue weighted by molar-refractivity contribution is 6.30. The Morgan fingerprint density at radius 1 is 0.971 bits per heavy atom. The highest BCUT2D eigenvalue weighted by Crippen LogP contribution is 2.22. The molecule has 0 spiro atoms. The molecule has 2 N–H and O–H groups in total. The van der Waals surface area contributed by atoms with Gasteiger partial charge in [0.15, 0.2) is 0 Å². The number of rotatable bonds is 7. The van der Waals surface area contributed by atoms with Gasteiger partial charge in [0, 0.05) is 35.9 Å². The highest BCUT2D eigenvalue weighted by Gasteiger charge is 2.16. The summed E-state index contributed by atoms with van der Waals surface area (Å²) < 4.78 is 0. The van der Waals surface area contributed by atoms with Crippen LogP contribution >= 0.6 is 11.6 Å². The van der Waals surface area contributed by atoms with Crippen LogP contribution < -0.4 is 15.6 Å². The molecule has 0 amide bonds. The largest absolute Gasteiger partial charge is 0.341 e. The molecule has 3 aromatic rings. The predicted molar refractivity (Wildman–Crippen MR) is 134 cm³/mol. The van der Waals surface area contributed by atoms with E-state index in [2.05, 4.69) is 35.7 Å². The second kappa shape index (κ2) is 10.9. The Kier molecular flexibility index (Phi) is 7.48. The second-order valence-corrected chi connectivity index (χ2v) is 8.37. The Morgan fingerprint density at radius 3 is 2.26 bits per heavy atom. The van der Waals surface area contributed by atoms with Crippen molar-refractivity contribution in [2.75, 3.05) is 28.7 Å². The van der Waals surface area contributed by atoms with E-state index in [4.69, 9.17) is 11.6 Å². The van der Waals surface area contributed by atoms with Crippen LogP contribution in [0.4, 0.5) is 29.2 Å². The third kappa shape index (κ3) is 6.16. The maximum atomic E-state index is 10.9. The zero-order chi connectivity index (χ0) is 23.9. The summed E-state index contributed by atoms with van der Waals surface area (Å²) in [6.07, 6.45) is 4.52. The average Bonchev–Trinajstić information content (AvgIpc) is 3.13. The minimum absolute atomic E-state index is 0.0146. The van der Waals surface area contributed by atoms with E-state index >= 15 is 0 Å². The molecular formula is C23H25ClN8O2. The Balaban J connectivity index is 1.60. The fourth-order valence-electron chi connectivity index (χ4n) is 3.57. The summed E-state index contributed by atoms with van der Waals surface area (Å²) in [4.78, 5) is 26.3. The Bertz CT molecular complexity index is 1160. The molecule has 176 valence electrons. The van der Waals surface area contributed by atoms with E-state index in [-0.39, 0.29) is 5.69 Å². The van der Waals surface area contributed by atoms with E-state index in [1.807, 2.05) is 31.2 Å². The molecule has 0 bridgehead atoms. The molecular weight excluding hydrogens is 456 g/mol. The zero-order valence-corrected chi connectivity index (χ0v) is 19.5. The van der Waals surface area contributed by atoms with E-state index in [1.165, 1.54) is 25.0 Å². The van der Waals surface area contributed by atoms with Crippen molar-refractivity contribution in [3.8, 4) is 0 Å². The van der Waals surface area contributed by atoms with Gasteiger partial charge in [-0.2, -0.15) is 20.1 Å². The number of nitro benzene ring substituents is 1. The first kappa shape index (κ1) is 23.4. The van der Waals surface area contributed by atoms with Gasteiger partial charge in [0.2, 0.25) is 17.8 Å². The van der Waals surface area contributed by atoms with Gasteiger partial charge in [-0.05, 0) is 49.6 Å². The lowest BCUT2D eigenvalue weighted by Crippen LogP contribution is -2.26. The number of benzene rings is 2. The number of halogens is 1. The summed E-state index contributed by atoms with van der Waals surface area (Å²) in [6.45, 7) is 3.62. The highest BCUT2D eigenvalue weighted by atomic mass is 35.5. The zero-order valence-electron chi connectivity index (χ0n) is 18.7. The van der Waals surface area contributed by atoms with Crippen molar-refractivity contribution in [1.29, 1.82) is 0 Å². The standard InChI is InChI=1S/C23H25ClN8O2/c1-16(17-6-8-18(24)9-7-17)29-30-22-26-21(25-19-10-12-20(13-11-19)32(33)34)27-23(28-22)31-14-4-2-3-5-15-31/h6-13H,2-5,14-15H2,1H3,(H2,25,26,27,28,30). The van der Waals surface area contributed by atoms with Crippen LogP contribution in [0.3, 0.4) is 0 Å². The Hall–Kier alpha value is -3.79. The normalized spacial score (nSPS) is 14.4. The molecule has 2 aromatic carbocycles. The lowest BCUT2D eigenvalue weighted by Gasteiger charge is -2.21. The lowest BCUT2D eigenvalue weighted by molar-refractivity contribution is -0.384. The van der Waals surface area contributed by atoms with E-state index in [1.54, 1.807) is 12.1 Å². The van der Waals surface area contributed by atoms with Crippen molar-refractivity contribution < 1.29 is 4.92 Å². The maximum Gasteiger partial charge on any atom is 0.269 e. The van der Waals surface area contributed by atoms with Gasteiger partial charge < -0.3 is 10.2 Å². The molecule has 1 saturated heterocycles. The Labute approximate surface area is 202 Å². The number of anilines is 4. The van der Waals surface area contributed by atoms with Crippen molar-refractivity contribution in [2.24, 2.45) is 5.10 Å². The molecule has 0 atom stereocenters. The topological polar surface area (TPSA) is 121 Å². The van der Waals surface area contributed by atoms with E-state index in [0.717, 1.165) is 37.2 Å². The van der Waals surface area contributed by atoms with Gasteiger partial charge in [-0.1, -0.05) is 36.6 Å². The van der Waals surface area contributed by atoms with E-state index in [9.17, 15) is 10.1 Å². The number of hydrogen-bond donors (Lipinski definition) is 2. The molecule has 34 heavy (non-hydrogen) atoms. The maximum absolute atomic E-state index is 10.9. The van der Waals surface area contributed by atoms with Gasteiger partial charge in [-0.25, -0.2) is 5.43 Å². The minimum atomic E-state index is -0.437. The summed E-state index contributed by atoms with van der Waals surface area (Å²) in [5.74, 6) is 1.18. The number of nitro groups is 1. The quantitative estimate of drug-likeness (QED) is 0.262. The van der Waals surface area contributed by atoms with Crippen LogP contribution in [0.5, 0.6) is 0 Å². The first-order valence-corrected chi connectivity index (χ1v) is 11.4. The van der Waals surface area contributed by atoms with Crippen molar-refractivity contribution in [1.82, 2.24) is 15.0 Å². The van der Waals surface area contributed by atoms with Crippen LogP contribution in [-0.4, -0.2) is 38.7 Å². The number of non-ortho nitro benzene ring substituents is 1. The van der Waals surface area contributed by atoms with Crippen LogP contribution in [0, 0.1) is 10.1 Å². The molecule has 0 saturated carbocycles. The minimum Gasteiger partial charge on any atom is -0.341 e. The summed E-state index contributed by atoms with van der Waals surface area (Å²) >= 11 is 5.97. The van der Waals surface area contributed by atoms with Gasteiger partial charge in [0.1, 0.15) is 0 Å². The van der Waals surface area contributed by atoms with Gasteiger partial charge in [-0.3, -0.25) is 10.1 Å². The van der Waals surface area contributed by atoms with Crippen molar-refractivity contribution in [2.45, 2.75) is 32.6 Å². The Morgan fingerprint density at radius 2 is 1.62 bits per heavy atom. The molecule has 11 heteroatoms. The summed E-state index contributed by atoms with van der Waals surface area (Å²) in [5, 5.41) is 19.1. The molecule has 1 aliphatic heterocycles. The molecule has 1 aliphatic rings. The number of hydrazone groups is 1. The number of hydrogen-bond acceptors (Lipinski definition) is 9. The van der Waals surface area contributed by atoms with Crippen LogP contribution in [0.25, 0.3) is 0 Å². The van der Waals surface area contributed by atoms with Crippen molar-refractivity contribution in [3.05, 3.63) is 69.2 Å². The van der Waals surface area contributed by atoms with Crippen LogP contribution in [0.15, 0.2) is 53.6 Å². The number of nitrogens with zero attached hydrogens (tertiary/aromatic N) is 6. The fourth-order valence-corrected chi connectivity index (χ4v) is 3.69. The van der Waals surface area contributed by atoms with Crippen molar-refractivity contribution >= 4 is 46.5 Å². The van der Waals surface area contributed by atoms with Gasteiger partial charge >= 0.3 is 0 Å². The molecule has 1 aromatic heterocycles. The smallest absolute Gasteiger partial charge is 0.269 e. The molecule has 0 radical (unpaired) electrons. The molecule has 1 fully saturated rings. The fraction of sp³-hybridized carbons (Fsp3) is 0.304. The summed E-state index contributed by atoms with van der Waals surface area (Å²) in [6, 6.07) is 13.5. The van der Waals surface area contributed by atoms with Gasteiger partial charge in [0.25, 0.3) is 5.69 Å². The van der Waals surface area contributed by atoms with Crippen LogP contribution in [-0.2, 0) is 0 Å². The monoisotopic (exact) mass is 480 g/mol. The second-order valence-electron chi connectivity index (χ2n) is 7.93. The van der Waals surface area contributed by atoms with Crippen LogP contribution in [0.1, 0.15) is 38.2 Å². The number of aromatic nitrogens is 3. The third-order valence-electron chi connectivity index (χ3n) is 5.43. The summed E-state index contributed by atoms with van der Waals surface area (Å²) in [7, 11) is 0. The molecule has 0 unspecified atom stereocenters. The number of nitrogens with one attached hydrogen (secondary N) is 2. The van der Waals surface area contributed by atoms with Gasteiger partial charge in [-0.15, -0.1) is 0 Å². The van der Waals surface area contributed by atoms with Crippen molar-refractivity contribution in [3.63, 3.8) is 0 Å². The van der Waals surface area contributed by atoms with Crippen LogP contribution in [0.2, 0.25) is 5.02 Å². The molecule has 4 rings (SSSR count). The average molecular weight is 481 g/mol. The first-order chi connectivity index (χ1) is 16.5. The van der Waals surface area contributed by atoms with E-state index < -0.39 is 4.92 Å². The molecule has 2 heterocycles. The van der Waals surface area contributed by atoms with E-state index in [0.29, 0.717) is 28.6 Å². The lowest BCUT2D eigenvalue weighted by atomic mass is 10.1.